The summed E-state index contributed by atoms with van der Waals surface area (Å²) in [6.45, 7) is 3.27. The van der Waals surface area contributed by atoms with Crippen molar-refractivity contribution in [2.75, 3.05) is 0 Å². The molecule has 2 aromatic carbocycles. The summed E-state index contributed by atoms with van der Waals surface area (Å²) < 4.78 is 0. The van der Waals surface area contributed by atoms with E-state index in [1.165, 1.54) is 6.92 Å². The Kier molecular flexibility index (Phi) is 2.68. The first kappa shape index (κ1) is 14.8. The Morgan fingerprint density at radius 1 is 0.880 bits per heavy atom. The Bertz CT molecular complexity index is 925. The van der Waals surface area contributed by atoms with Gasteiger partial charge in [0.1, 0.15) is 11.7 Å². The van der Waals surface area contributed by atoms with Crippen LogP contribution >= 0.6 is 0 Å². The van der Waals surface area contributed by atoms with E-state index in [4.69, 9.17) is 0 Å². The fraction of sp³-hybridized carbons (Fsp3) is 0.318. The van der Waals surface area contributed by atoms with Crippen molar-refractivity contribution in [2.24, 2.45) is 17.3 Å². The summed E-state index contributed by atoms with van der Waals surface area (Å²) >= 11 is 0. The second-order valence-corrected chi connectivity index (χ2v) is 7.74. The van der Waals surface area contributed by atoms with Gasteiger partial charge in [-0.3, -0.25) is 14.4 Å². The van der Waals surface area contributed by atoms with Gasteiger partial charge in [-0.1, -0.05) is 55.5 Å². The number of carbonyl (C=O) groups is 3. The molecule has 0 spiro atoms. The zero-order valence-corrected chi connectivity index (χ0v) is 14.2. The first-order valence-corrected chi connectivity index (χ1v) is 8.74. The van der Waals surface area contributed by atoms with E-state index in [1.54, 1.807) is 0 Å². The van der Waals surface area contributed by atoms with E-state index < -0.39 is 17.3 Å². The van der Waals surface area contributed by atoms with Gasteiger partial charge in [0.05, 0.1) is 0 Å². The first-order valence-electron chi connectivity index (χ1n) is 8.74. The molecule has 1 fully saturated rings. The molecule has 6 rings (SSSR count). The fourth-order valence-electron chi connectivity index (χ4n) is 5.74. The van der Waals surface area contributed by atoms with E-state index in [0.717, 1.165) is 22.3 Å². The van der Waals surface area contributed by atoms with Gasteiger partial charge in [0.15, 0.2) is 11.6 Å². The Labute approximate surface area is 146 Å². The summed E-state index contributed by atoms with van der Waals surface area (Å²) in [5.41, 5.74) is 3.71. The second kappa shape index (κ2) is 4.54. The van der Waals surface area contributed by atoms with E-state index in [9.17, 15) is 14.4 Å². The van der Waals surface area contributed by atoms with Crippen LogP contribution in [0.2, 0.25) is 0 Å². The van der Waals surface area contributed by atoms with Gasteiger partial charge in [0.2, 0.25) is 0 Å². The second-order valence-electron chi connectivity index (χ2n) is 7.74. The normalized spacial score (nSPS) is 34.5. The smallest absolute Gasteiger partial charge is 0.158 e. The number of carbonyl (C=O) groups excluding carboxylic acids is 3. The lowest BCUT2D eigenvalue weighted by Gasteiger charge is -2.52. The molecule has 25 heavy (non-hydrogen) atoms. The van der Waals surface area contributed by atoms with E-state index in [1.807, 2.05) is 31.2 Å². The number of hydrogen-bond donors (Lipinski definition) is 0. The molecule has 0 aromatic heterocycles. The minimum absolute atomic E-state index is 0.136. The van der Waals surface area contributed by atoms with Gasteiger partial charge in [0, 0.05) is 23.2 Å². The van der Waals surface area contributed by atoms with Crippen molar-refractivity contribution in [1.29, 1.82) is 0 Å². The third-order valence-corrected chi connectivity index (χ3v) is 6.65. The van der Waals surface area contributed by atoms with E-state index >= 15 is 0 Å². The molecule has 3 atom stereocenters. The third kappa shape index (κ3) is 1.50. The largest absolute Gasteiger partial charge is 0.299 e. The monoisotopic (exact) mass is 330 g/mol. The molecular formula is C22H18O3. The Morgan fingerprint density at radius 2 is 1.36 bits per heavy atom. The number of ketones is 3. The molecule has 4 aliphatic carbocycles. The number of benzene rings is 2. The minimum Gasteiger partial charge on any atom is -0.299 e. The number of Topliss-reactive ketones (excluding diaryl/α,β-unsaturated/α-hetero) is 3. The predicted octanol–water partition coefficient (Wildman–Crippen LogP) is 3.26. The van der Waals surface area contributed by atoms with Crippen LogP contribution in [-0.4, -0.2) is 17.3 Å². The molecule has 3 heteroatoms. The minimum atomic E-state index is -1.09. The van der Waals surface area contributed by atoms with Gasteiger partial charge in [-0.25, -0.2) is 0 Å². The van der Waals surface area contributed by atoms with Crippen molar-refractivity contribution in [1.82, 2.24) is 0 Å². The van der Waals surface area contributed by atoms with Gasteiger partial charge in [0.25, 0.3) is 0 Å². The van der Waals surface area contributed by atoms with Crippen LogP contribution < -0.4 is 0 Å². The van der Waals surface area contributed by atoms with Crippen molar-refractivity contribution in [3.63, 3.8) is 0 Å². The molecule has 3 nitrogen and oxygen atoms in total. The molecule has 0 radical (unpaired) electrons. The topological polar surface area (TPSA) is 51.2 Å². The average molecular weight is 330 g/mol. The van der Waals surface area contributed by atoms with Crippen LogP contribution in [0.15, 0.2) is 48.5 Å². The molecule has 2 aromatic rings. The van der Waals surface area contributed by atoms with Crippen molar-refractivity contribution in [3.05, 3.63) is 70.8 Å². The number of hydrogen-bond acceptors (Lipinski definition) is 3. The van der Waals surface area contributed by atoms with Crippen LogP contribution in [0.4, 0.5) is 0 Å². The SMILES string of the molecule is CC(=O)[C@H]1C(=O)[C@H]2C3c4ccccc4C(c4ccccc43)[C@]2(C)C1=O. The average Bonchev–Trinajstić information content (AvgIpc) is 2.81. The summed E-state index contributed by atoms with van der Waals surface area (Å²) in [6.07, 6.45) is 0. The van der Waals surface area contributed by atoms with E-state index in [0.29, 0.717) is 0 Å². The van der Waals surface area contributed by atoms with Crippen molar-refractivity contribution < 1.29 is 14.4 Å². The van der Waals surface area contributed by atoms with Crippen LogP contribution in [0.3, 0.4) is 0 Å². The molecule has 124 valence electrons. The molecular weight excluding hydrogens is 312 g/mol. The van der Waals surface area contributed by atoms with Gasteiger partial charge in [-0.05, 0) is 29.2 Å². The van der Waals surface area contributed by atoms with E-state index in [2.05, 4.69) is 24.3 Å². The standard InChI is InChI=1S/C22H18O3/c1-11(23)16-20(24)19-17-12-7-3-5-9-14(12)18(22(19,2)21(16)25)15-10-6-4-8-13(15)17/h3-10,16-19H,1-2H3/t16-,17?,18?,19+,22-/m0/s1. The van der Waals surface area contributed by atoms with Gasteiger partial charge < -0.3 is 0 Å². The summed E-state index contributed by atoms with van der Waals surface area (Å²) in [5.74, 6) is -2.52. The van der Waals surface area contributed by atoms with Crippen molar-refractivity contribution >= 4 is 17.3 Å². The maximum atomic E-state index is 13.3. The third-order valence-electron chi connectivity index (χ3n) is 6.65. The first-order chi connectivity index (χ1) is 12.0. The van der Waals surface area contributed by atoms with Gasteiger partial charge >= 0.3 is 0 Å². The summed E-state index contributed by atoms with van der Waals surface area (Å²) in [5, 5.41) is 0. The lowest BCUT2D eigenvalue weighted by atomic mass is 9.48. The van der Waals surface area contributed by atoms with Crippen molar-refractivity contribution in [2.45, 2.75) is 25.7 Å². The van der Waals surface area contributed by atoms with Crippen molar-refractivity contribution in [3.8, 4) is 0 Å². The lowest BCUT2D eigenvalue weighted by molar-refractivity contribution is -0.137. The highest BCUT2D eigenvalue weighted by Gasteiger charge is 2.69. The molecule has 0 unspecified atom stereocenters. The molecule has 0 amide bonds. The summed E-state index contributed by atoms with van der Waals surface area (Å²) in [6, 6.07) is 16.2. The van der Waals surface area contributed by atoms with Gasteiger partial charge in [-0.2, -0.15) is 0 Å². The zero-order chi connectivity index (χ0) is 17.5. The Balaban J connectivity index is 1.87. The highest BCUT2D eigenvalue weighted by atomic mass is 16.2. The lowest BCUT2D eigenvalue weighted by Crippen LogP contribution is -2.49. The maximum absolute atomic E-state index is 13.3. The molecule has 0 N–H and O–H groups in total. The molecule has 0 aliphatic heterocycles. The molecule has 4 aliphatic rings. The molecule has 1 saturated carbocycles. The highest BCUT2D eigenvalue weighted by molar-refractivity contribution is 6.27. The summed E-state index contributed by atoms with van der Waals surface area (Å²) in [4.78, 5) is 38.5. The van der Waals surface area contributed by atoms with Crippen LogP contribution in [0.1, 0.15) is 47.9 Å². The van der Waals surface area contributed by atoms with Crippen LogP contribution in [0.5, 0.6) is 0 Å². The maximum Gasteiger partial charge on any atom is 0.158 e. The van der Waals surface area contributed by atoms with Crippen LogP contribution in [-0.2, 0) is 14.4 Å². The highest BCUT2D eigenvalue weighted by Crippen LogP contribution is 2.67. The fourth-order valence-corrected chi connectivity index (χ4v) is 5.74. The molecule has 0 saturated heterocycles. The zero-order valence-electron chi connectivity index (χ0n) is 14.2. The van der Waals surface area contributed by atoms with Gasteiger partial charge in [-0.15, -0.1) is 0 Å². The Hall–Kier alpha value is -2.55. The summed E-state index contributed by atoms with van der Waals surface area (Å²) in [7, 11) is 0. The van der Waals surface area contributed by atoms with Crippen LogP contribution in [0, 0.1) is 17.3 Å². The van der Waals surface area contributed by atoms with Crippen LogP contribution in [0.25, 0.3) is 0 Å². The molecule has 0 heterocycles. The molecule has 2 bridgehead atoms. The van der Waals surface area contributed by atoms with E-state index in [-0.39, 0.29) is 29.2 Å². The predicted molar refractivity (Wildman–Crippen MR) is 92.4 cm³/mol. The quantitative estimate of drug-likeness (QED) is 0.754. The Morgan fingerprint density at radius 3 is 1.84 bits per heavy atom. The number of rotatable bonds is 1.